The maximum absolute atomic E-state index is 12.3. The molecule has 0 aliphatic carbocycles. The number of carbonyl (C=O) groups is 1. The number of alkyl halides is 3. The predicted molar refractivity (Wildman–Crippen MR) is 59.5 cm³/mol. The molecule has 0 amide bonds. The molecule has 0 bridgehead atoms. The van der Waals surface area contributed by atoms with Crippen molar-refractivity contribution in [3.63, 3.8) is 0 Å². The van der Waals surface area contributed by atoms with Crippen LogP contribution in [0, 0.1) is 0 Å². The molecule has 0 aliphatic heterocycles. The molecule has 1 atom stereocenters. The second-order valence-electron chi connectivity index (χ2n) is 3.82. The lowest BCUT2D eigenvalue weighted by molar-refractivity contribution is -0.146. The fourth-order valence-electron chi connectivity index (χ4n) is 1.22. The minimum absolute atomic E-state index is 0.0787. The SMILES string of the molecule is CCC(N)C(=O)OCc1ccc(C(F)(F)F)cc1. The molecule has 1 aromatic rings. The van der Waals surface area contributed by atoms with Gasteiger partial charge in [0, 0.05) is 0 Å². The summed E-state index contributed by atoms with van der Waals surface area (Å²) in [5, 5.41) is 0. The van der Waals surface area contributed by atoms with Crippen molar-refractivity contribution in [3.05, 3.63) is 35.4 Å². The van der Waals surface area contributed by atoms with E-state index in [0.29, 0.717) is 12.0 Å². The van der Waals surface area contributed by atoms with Gasteiger partial charge in [-0.3, -0.25) is 4.79 Å². The number of carbonyl (C=O) groups excluding carboxylic acids is 1. The summed E-state index contributed by atoms with van der Waals surface area (Å²) in [6.07, 6.45) is -3.91. The largest absolute Gasteiger partial charge is 0.460 e. The number of esters is 1. The molecule has 1 unspecified atom stereocenters. The molecule has 0 spiro atoms. The minimum atomic E-state index is -4.36. The number of ether oxygens (including phenoxy) is 1. The maximum atomic E-state index is 12.3. The Balaban J connectivity index is 2.57. The summed E-state index contributed by atoms with van der Waals surface area (Å²) in [6.45, 7) is 1.66. The van der Waals surface area contributed by atoms with E-state index in [2.05, 4.69) is 0 Å². The molecule has 100 valence electrons. The Kier molecular flexibility index (Phi) is 4.72. The second kappa shape index (κ2) is 5.86. The molecular weight excluding hydrogens is 247 g/mol. The van der Waals surface area contributed by atoms with Gasteiger partial charge in [-0.2, -0.15) is 13.2 Å². The van der Waals surface area contributed by atoms with E-state index >= 15 is 0 Å². The van der Waals surface area contributed by atoms with Gasteiger partial charge in [-0.15, -0.1) is 0 Å². The third-order valence-electron chi connectivity index (χ3n) is 2.40. The van der Waals surface area contributed by atoms with Crippen molar-refractivity contribution in [2.24, 2.45) is 5.73 Å². The van der Waals surface area contributed by atoms with Crippen LogP contribution in [0.3, 0.4) is 0 Å². The van der Waals surface area contributed by atoms with Crippen LogP contribution in [0.25, 0.3) is 0 Å². The Hall–Kier alpha value is -1.56. The van der Waals surface area contributed by atoms with Crippen LogP contribution in [0.15, 0.2) is 24.3 Å². The molecule has 6 heteroatoms. The monoisotopic (exact) mass is 261 g/mol. The fraction of sp³-hybridized carbons (Fsp3) is 0.417. The normalized spacial score (nSPS) is 13.2. The van der Waals surface area contributed by atoms with E-state index in [1.807, 2.05) is 0 Å². The van der Waals surface area contributed by atoms with Gasteiger partial charge in [0.25, 0.3) is 0 Å². The van der Waals surface area contributed by atoms with Crippen molar-refractivity contribution in [2.75, 3.05) is 0 Å². The molecule has 0 fully saturated rings. The molecule has 18 heavy (non-hydrogen) atoms. The first-order valence-corrected chi connectivity index (χ1v) is 5.43. The second-order valence-corrected chi connectivity index (χ2v) is 3.82. The lowest BCUT2D eigenvalue weighted by Gasteiger charge is -2.10. The highest BCUT2D eigenvalue weighted by Gasteiger charge is 2.29. The van der Waals surface area contributed by atoms with Crippen molar-refractivity contribution in [1.82, 2.24) is 0 Å². The molecule has 2 N–H and O–H groups in total. The zero-order chi connectivity index (χ0) is 13.8. The highest BCUT2D eigenvalue weighted by atomic mass is 19.4. The van der Waals surface area contributed by atoms with Crippen LogP contribution in [-0.2, 0) is 22.3 Å². The van der Waals surface area contributed by atoms with E-state index in [0.717, 1.165) is 12.1 Å². The molecule has 0 saturated carbocycles. The van der Waals surface area contributed by atoms with Crippen LogP contribution in [0.1, 0.15) is 24.5 Å². The summed E-state index contributed by atoms with van der Waals surface area (Å²) < 4.78 is 41.7. The molecule has 3 nitrogen and oxygen atoms in total. The molecule has 0 saturated heterocycles. The Morgan fingerprint density at radius 2 is 1.89 bits per heavy atom. The first-order chi connectivity index (χ1) is 8.34. The highest BCUT2D eigenvalue weighted by Crippen LogP contribution is 2.29. The van der Waals surface area contributed by atoms with Gasteiger partial charge in [0.2, 0.25) is 0 Å². The van der Waals surface area contributed by atoms with Crippen LogP contribution in [0.2, 0.25) is 0 Å². The van der Waals surface area contributed by atoms with Gasteiger partial charge < -0.3 is 10.5 Å². The number of nitrogens with two attached hydrogens (primary N) is 1. The number of rotatable bonds is 4. The summed E-state index contributed by atoms with van der Waals surface area (Å²) in [4.78, 5) is 11.2. The highest BCUT2D eigenvalue weighted by molar-refractivity contribution is 5.75. The lowest BCUT2D eigenvalue weighted by atomic mass is 10.1. The lowest BCUT2D eigenvalue weighted by Crippen LogP contribution is -2.31. The van der Waals surface area contributed by atoms with Crippen molar-refractivity contribution < 1.29 is 22.7 Å². The molecule has 1 aromatic carbocycles. The first-order valence-electron chi connectivity index (χ1n) is 5.43. The molecular formula is C12H14F3NO2. The minimum Gasteiger partial charge on any atom is -0.460 e. The molecule has 0 radical (unpaired) electrons. The summed E-state index contributed by atoms with van der Waals surface area (Å²) in [7, 11) is 0. The van der Waals surface area contributed by atoms with Gasteiger partial charge in [-0.25, -0.2) is 0 Å². The van der Waals surface area contributed by atoms with Gasteiger partial charge in [0.15, 0.2) is 0 Å². The van der Waals surface area contributed by atoms with Crippen LogP contribution in [0.4, 0.5) is 13.2 Å². The maximum Gasteiger partial charge on any atom is 0.416 e. The van der Waals surface area contributed by atoms with Crippen LogP contribution < -0.4 is 5.73 Å². The number of benzene rings is 1. The van der Waals surface area contributed by atoms with Crippen molar-refractivity contribution in [3.8, 4) is 0 Å². The standard InChI is InChI=1S/C12H14F3NO2/c1-2-10(16)11(17)18-7-8-3-5-9(6-4-8)12(13,14)15/h3-6,10H,2,7,16H2,1H3. The molecule has 0 aliphatic rings. The van der Waals surface area contributed by atoms with E-state index in [4.69, 9.17) is 10.5 Å². The van der Waals surface area contributed by atoms with E-state index in [1.54, 1.807) is 6.92 Å². The quantitative estimate of drug-likeness (QED) is 0.847. The van der Waals surface area contributed by atoms with Gasteiger partial charge in [-0.05, 0) is 24.1 Å². The van der Waals surface area contributed by atoms with Crippen LogP contribution in [-0.4, -0.2) is 12.0 Å². The Morgan fingerprint density at radius 1 is 1.33 bits per heavy atom. The van der Waals surface area contributed by atoms with Crippen LogP contribution >= 0.6 is 0 Å². The van der Waals surface area contributed by atoms with Crippen LogP contribution in [0.5, 0.6) is 0 Å². The van der Waals surface area contributed by atoms with Gasteiger partial charge in [-0.1, -0.05) is 19.1 Å². The third-order valence-corrected chi connectivity index (χ3v) is 2.40. The third kappa shape index (κ3) is 4.03. The fourth-order valence-corrected chi connectivity index (χ4v) is 1.22. The van der Waals surface area contributed by atoms with Gasteiger partial charge in [0.1, 0.15) is 12.6 Å². The Morgan fingerprint density at radius 3 is 2.33 bits per heavy atom. The summed E-state index contributed by atoms with van der Waals surface area (Å²) in [6, 6.07) is 3.74. The summed E-state index contributed by atoms with van der Waals surface area (Å²) in [5.74, 6) is -0.558. The Labute approximate surface area is 103 Å². The molecule has 0 heterocycles. The van der Waals surface area contributed by atoms with Crippen molar-refractivity contribution in [2.45, 2.75) is 32.2 Å². The number of halogens is 3. The van der Waals surface area contributed by atoms with E-state index < -0.39 is 23.8 Å². The zero-order valence-corrected chi connectivity index (χ0v) is 9.83. The molecule has 0 aromatic heterocycles. The summed E-state index contributed by atoms with van der Waals surface area (Å²) in [5.41, 5.74) is 5.19. The summed E-state index contributed by atoms with van der Waals surface area (Å²) >= 11 is 0. The Bertz CT molecular complexity index is 401. The van der Waals surface area contributed by atoms with Gasteiger partial charge in [0.05, 0.1) is 5.56 Å². The topological polar surface area (TPSA) is 52.3 Å². The van der Waals surface area contributed by atoms with Gasteiger partial charge >= 0.3 is 12.1 Å². The first kappa shape index (κ1) is 14.5. The van der Waals surface area contributed by atoms with E-state index in [-0.39, 0.29) is 6.61 Å². The molecule has 1 rings (SSSR count). The number of hydrogen-bond acceptors (Lipinski definition) is 3. The zero-order valence-electron chi connectivity index (χ0n) is 9.83. The average molecular weight is 261 g/mol. The van der Waals surface area contributed by atoms with E-state index in [9.17, 15) is 18.0 Å². The average Bonchev–Trinajstić information content (AvgIpc) is 2.34. The van der Waals surface area contributed by atoms with Crippen molar-refractivity contribution in [1.29, 1.82) is 0 Å². The van der Waals surface area contributed by atoms with E-state index in [1.165, 1.54) is 12.1 Å². The predicted octanol–water partition coefficient (Wildman–Crippen LogP) is 2.49. The number of hydrogen-bond donors (Lipinski definition) is 1. The smallest absolute Gasteiger partial charge is 0.416 e. The van der Waals surface area contributed by atoms with Crippen molar-refractivity contribution >= 4 is 5.97 Å².